The van der Waals surface area contributed by atoms with E-state index in [-0.39, 0.29) is 11.5 Å². The SMILES string of the molecule is CCC(C)c1[nH]c2nc3ccccc3n2c(=O)c1C(C)CC. The Kier molecular flexibility index (Phi) is 3.77. The maximum atomic E-state index is 13.1. The zero-order valence-electron chi connectivity index (χ0n) is 13.7. The van der Waals surface area contributed by atoms with Crippen LogP contribution in [0.25, 0.3) is 16.8 Å². The molecule has 116 valence electrons. The van der Waals surface area contributed by atoms with Crippen molar-refractivity contribution in [1.82, 2.24) is 14.4 Å². The molecule has 0 aliphatic heterocycles. The smallest absolute Gasteiger partial charge is 0.263 e. The van der Waals surface area contributed by atoms with Crippen molar-refractivity contribution in [2.24, 2.45) is 0 Å². The number of hydrogen-bond acceptors (Lipinski definition) is 2. The van der Waals surface area contributed by atoms with Crippen LogP contribution in [0.3, 0.4) is 0 Å². The minimum Gasteiger partial charge on any atom is -0.328 e. The molecule has 0 fully saturated rings. The van der Waals surface area contributed by atoms with E-state index in [0.717, 1.165) is 35.1 Å². The van der Waals surface area contributed by atoms with E-state index >= 15 is 0 Å². The molecule has 2 heterocycles. The first kappa shape index (κ1) is 14.8. The third-order valence-corrected chi connectivity index (χ3v) is 4.74. The number of hydrogen-bond donors (Lipinski definition) is 1. The lowest BCUT2D eigenvalue weighted by Gasteiger charge is -2.18. The van der Waals surface area contributed by atoms with Gasteiger partial charge in [0, 0.05) is 11.3 Å². The lowest BCUT2D eigenvalue weighted by atomic mass is 9.91. The molecule has 3 rings (SSSR count). The van der Waals surface area contributed by atoms with Gasteiger partial charge in [-0.2, -0.15) is 0 Å². The number of aromatic nitrogens is 3. The molecule has 0 aliphatic carbocycles. The quantitative estimate of drug-likeness (QED) is 0.784. The highest BCUT2D eigenvalue weighted by molar-refractivity contribution is 5.79. The molecule has 0 saturated carbocycles. The largest absolute Gasteiger partial charge is 0.328 e. The van der Waals surface area contributed by atoms with Crippen LogP contribution in [0.4, 0.5) is 0 Å². The molecule has 2 unspecified atom stereocenters. The van der Waals surface area contributed by atoms with Crippen LogP contribution in [0.5, 0.6) is 0 Å². The highest BCUT2D eigenvalue weighted by atomic mass is 16.1. The average Bonchev–Trinajstić information content (AvgIpc) is 2.91. The van der Waals surface area contributed by atoms with Gasteiger partial charge in [-0.1, -0.05) is 39.8 Å². The second-order valence-corrected chi connectivity index (χ2v) is 6.14. The Morgan fingerprint density at radius 3 is 2.50 bits per heavy atom. The Balaban J connectivity index is 2.45. The normalized spacial score (nSPS) is 14.5. The number of H-pyrrole nitrogens is 1. The van der Waals surface area contributed by atoms with E-state index in [9.17, 15) is 4.79 Å². The van der Waals surface area contributed by atoms with E-state index in [4.69, 9.17) is 0 Å². The second kappa shape index (κ2) is 5.59. The summed E-state index contributed by atoms with van der Waals surface area (Å²) in [7, 11) is 0. The standard InChI is InChI=1S/C18H23N3O/c1-5-11(3)15-16(12(4)6-2)20-18-19-13-9-7-8-10-14(13)21(18)17(15)22/h7-12H,5-6H2,1-4H3,(H,19,20). The molecule has 22 heavy (non-hydrogen) atoms. The van der Waals surface area contributed by atoms with Crippen LogP contribution >= 0.6 is 0 Å². The lowest BCUT2D eigenvalue weighted by Crippen LogP contribution is -2.24. The number of nitrogens with zero attached hydrogens (tertiary/aromatic N) is 2. The molecule has 4 nitrogen and oxygen atoms in total. The fourth-order valence-electron chi connectivity index (χ4n) is 3.01. The Hall–Kier alpha value is -2.10. The molecular formula is C18H23N3O. The fraction of sp³-hybridized carbons (Fsp3) is 0.444. The summed E-state index contributed by atoms with van der Waals surface area (Å²) in [5, 5.41) is 0. The first-order valence-corrected chi connectivity index (χ1v) is 8.11. The zero-order chi connectivity index (χ0) is 15.9. The van der Waals surface area contributed by atoms with Crippen LogP contribution in [0, 0.1) is 0 Å². The van der Waals surface area contributed by atoms with Crippen LogP contribution in [0.1, 0.15) is 63.6 Å². The summed E-state index contributed by atoms with van der Waals surface area (Å²) in [5.41, 5.74) is 3.76. The molecule has 0 aliphatic rings. The maximum absolute atomic E-state index is 13.1. The molecule has 0 saturated heterocycles. The van der Waals surface area contributed by atoms with Crippen LogP contribution in [0.15, 0.2) is 29.1 Å². The molecule has 0 radical (unpaired) electrons. The summed E-state index contributed by atoms with van der Waals surface area (Å²) < 4.78 is 1.72. The van der Waals surface area contributed by atoms with Gasteiger partial charge >= 0.3 is 0 Å². The topological polar surface area (TPSA) is 50.2 Å². The number of benzene rings is 1. The zero-order valence-corrected chi connectivity index (χ0v) is 13.7. The van der Waals surface area contributed by atoms with E-state index in [1.54, 1.807) is 4.40 Å². The molecule has 0 amide bonds. The van der Waals surface area contributed by atoms with Crippen molar-refractivity contribution in [2.75, 3.05) is 0 Å². The predicted molar refractivity (Wildman–Crippen MR) is 90.7 cm³/mol. The van der Waals surface area contributed by atoms with E-state index < -0.39 is 0 Å². The number of fused-ring (bicyclic) bond motifs is 3. The lowest BCUT2D eigenvalue weighted by molar-refractivity contribution is 0.645. The maximum Gasteiger partial charge on any atom is 0.263 e. The van der Waals surface area contributed by atoms with Gasteiger partial charge in [-0.05, 0) is 36.8 Å². The third-order valence-electron chi connectivity index (χ3n) is 4.74. The summed E-state index contributed by atoms with van der Waals surface area (Å²) in [6.07, 6.45) is 1.94. The molecule has 1 N–H and O–H groups in total. The molecule has 0 bridgehead atoms. The summed E-state index contributed by atoms with van der Waals surface area (Å²) in [6, 6.07) is 7.79. The summed E-state index contributed by atoms with van der Waals surface area (Å²) in [6.45, 7) is 8.56. The van der Waals surface area contributed by atoms with Crippen molar-refractivity contribution in [3.05, 3.63) is 45.9 Å². The van der Waals surface area contributed by atoms with Gasteiger partial charge in [0.1, 0.15) is 0 Å². The minimum absolute atomic E-state index is 0.0760. The van der Waals surface area contributed by atoms with Gasteiger partial charge in [0.25, 0.3) is 5.56 Å². The molecule has 2 atom stereocenters. The Labute approximate surface area is 130 Å². The van der Waals surface area contributed by atoms with Gasteiger partial charge < -0.3 is 4.98 Å². The van der Waals surface area contributed by atoms with Gasteiger partial charge in [-0.25, -0.2) is 9.38 Å². The number of aromatic amines is 1. The predicted octanol–water partition coefficient (Wildman–Crippen LogP) is 4.20. The van der Waals surface area contributed by atoms with Crippen LogP contribution in [-0.2, 0) is 0 Å². The van der Waals surface area contributed by atoms with Crippen molar-refractivity contribution < 1.29 is 0 Å². The van der Waals surface area contributed by atoms with Crippen LogP contribution in [0.2, 0.25) is 0 Å². The summed E-state index contributed by atoms with van der Waals surface area (Å²) >= 11 is 0. The van der Waals surface area contributed by atoms with Crippen LogP contribution in [-0.4, -0.2) is 14.4 Å². The van der Waals surface area contributed by atoms with Crippen molar-refractivity contribution in [1.29, 1.82) is 0 Å². The molecule has 3 aromatic rings. The molecular weight excluding hydrogens is 274 g/mol. The number of rotatable bonds is 4. The second-order valence-electron chi connectivity index (χ2n) is 6.14. The Bertz CT molecular complexity index is 875. The van der Waals surface area contributed by atoms with Crippen molar-refractivity contribution in [3.63, 3.8) is 0 Å². The Morgan fingerprint density at radius 2 is 1.82 bits per heavy atom. The molecule has 0 spiro atoms. The highest BCUT2D eigenvalue weighted by Crippen LogP contribution is 2.27. The fourth-order valence-corrected chi connectivity index (χ4v) is 3.01. The van der Waals surface area contributed by atoms with Gasteiger partial charge in [0.15, 0.2) is 0 Å². The van der Waals surface area contributed by atoms with Crippen molar-refractivity contribution in [2.45, 2.75) is 52.4 Å². The summed E-state index contributed by atoms with van der Waals surface area (Å²) in [5.74, 6) is 1.20. The van der Waals surface area contributed by atoms with E-state index in [1.165, 1.54) is 0 Å². The third kappa shape index (κ3) is 2.14. The number of nitrogens with one attached hydrogen (secondary N) is 1. The summed E-state index contributed by atoms with van der Waals surface area (Å²) in [4.78, 5) is 21.2. The van der Waals surface area contributed by atoms with E-state index in [0.29, 0.717) is 11.7 Å². The van der Waals surface area contributed by atoms with Crippen molar-refractivity contribution >= 4 is 16.8 Å². The first-order chi connectivity index (χ1) is 10.6. The van der Waals surface area contributed by atoms with Gasteiger partial charge in [0.2, 0.25) is 5.78 Å². The van der Waals surface area contributed by atoms with Gasteiger partial charge in [-0.15, -0.1) is 0 Å². The molecule has 2 aromatic heterocycles. The van der Waals surface area contributed by atoms with E-state index in [1.807, 2.05) is 24.3 Å². The van der Waals surface area contributed by atoms with E-state index in [2.05, 4.69) is 37.7 Å². The number of imidazole rings is 1. The average molecular weight is 297 g/mol. The molecule has 1 aromatic carbocycles. The molecule has 4 heteroatoms. The Morgan fingerprint density at radius 1 is 1.14 bits per heavy atom. The van der Waals surface area contributed by atoms with Crippen molar-refractivity contribution in [3.8, 4) is 0 Å². The van der Waals surface area contributed by atoms with Gasteiger partial charge in [0.05, 0.1) is 11.0 Å². The van der Waals surface area contributed by atoms with Gasteiger partial charge in [-0.3, -0.25) is 4.79 Å². The van der Waals surface area contributed by atoms with Crippen LogP contribution < -0.4 is 5.56 Å². The minimum atomic E-state index is 0.0760. The monoisotopic (exact) mass is 297 g/mol. The number of para-hydroxylation sites is 2. The highest BCUT2D eigenvalue weighted by Gasteiger charge is 2.21. The first-order valence-electron chi connectivity index (χ1n) is 8.11.